The standard InChI is InChI=1S/C21H25N5O/c1-15(2)17-10-12-19(13-11-17)21-22-24-26(23-21)14-20(27)25(4)16(3)18-8-6-5-7-9-18/h5-13,15-16H,14H2,1-4H3/t16-/m1/s1. The van der Waals surface area contributed by atoms with Crippen LogP contribution in [-0.4, -0.2) is 38.1 Å². The summed E-state index contributed by atoms with van der Waals surface area (Å²) in [6, 6.07) is 18.0. The normalized spacial score (nSPS) is 12.2. The van der Waals surface area contributed by atoms with Crippen LogP contribution in [-0.2, 0) is 11.3 Å². The van der Waals surface area contributed by atoms with E-state index >= 15 is 0 Å². The van der Waals surface area contributed by atoms with Gasteiger partial charge in [0.05, 0.1) is 6.04 Å². The molecule has 140 valence electrons. The molecule has 0 unspecified atom stereocenters. The third-order valence-electron chi connectivity index (χ3n) is 4.82. The molecule has 0 aliphatic rings. The molecule has 0 spiro atoms. The molecule has 3 rings (SSSR count). The van der Waals surface area contributed by atoms with Gasteiger partial charge in [-0.05, 0) is 29.2 Å². The molecule has 0 aliphatic carbocycles. The molecule has 2 aromatic carbocycles. The molecule has 6 nitrogen and oxygen atoms in total. The van der Waals surface area contributed by atoms with Gasteiger partial charge in [-0.15, -0.1) is 10.2 Å². The van der Waals surface area contributed by atoms with E-state index in [1.807, 2.05) is 49.4 Å². The first-order valence-corrected chi connectivity index (χ1v) is 9.14. The van der Waals surface area contributed by atoms with E-state index in [0.717, 1.165) is 11.1 Å². The number of tetrazole rings is 1. The molecule has 0 aliphatic heterocycles. The second-order valence-corrected chi connectivity index (χ2v) is 7.01. The maximum atomic E-state index is 12.6. The van der Waals surface area contributed by atoms with Crippen molar-refractivity contribution in [2.45, 2.75) is 39.3 Å². The summed E-state index contributed by atoms with van der Waals surface area (Å²) >= 11 is 0. The number of benzene rings is 2. The van der Waals surface area contributed by atoms with Crippen LogP contribution in [0.1, 0.15) is 43.9 Å². The van der Waals surface area contributed by atoms with Gasteiger partial charge in [-0.1, -0.05) is 68.4 Å². The van der Waals surface area contributed by atoms with Crippen molar-refractivity contribution < 1.29 is 4.79 Å². The van der Waals surface area contributed by atoms with E-state index in [9.17, 15) is 4.79 Å². The number of hydrogen-bond donors (Lipinski definition) is 0. The SMILES string of the molecule is CC(C)c1ccc(-c2nnn(CC(=O)N(C)[C@H](C)c3ccccc3)n2)cc1. The van der Waals surface area contributed by atoms with Crippen molar-refractivity contribution in [1.29, 1.82) is 0 Å². The van der Waals surface area contributed by atoms with Gasteiger partial charge in [0.2, 0.25) is 11.7 Å². The fraction of sp³-hybridized carbons (Fsp3) is 0.333. The van der Waals surface area contributed by atoms with E-state index in [1.165, 1.54) is 10.4 Å². The van der Waals surface area contributed by atoms with Crippen LogP contribution in [0.25, 0.3) is 11.4 Å². The first-order chi connectivity index (χ1) is 13.0. The Morgan fingerprint density at radius 2 is 1.67 bits per heavy atom. The zero-order valence-electron chi connectivity index (χ0n) is 16.2. The fourth-order valence-corrected chi connectivity index (χ4v) is 2.85. The van der Waals surface area contributed by atoms with Crippen molar-refractivity contribution in [2.75, 3.05) is 7.05 Å². The molecule has 0 N–H and O–H groups in total. The third kappa shape index (κ3) is 4.39. The highest BCUT2D eigenvalue weighted by Gasteiger charge is 2.19. The van der Waals surface area contributed by atoms with E-state index < -0.39 is 0 Å². The Morgan fingerprint density at radius 3 is 2.30 bits per heavy atom. The molecule has 1 atom stereocenters. The molecule has 0 bridgehead atoms. The number of rotatable bonds is 6. The largest absolute Gasteiger partial charge is 0.337 e. The lowest BCUT2D eigenvalue weighted by molar-refractivity contribution is -0.132. The lowest BCUT2D eigenvalue weighted by atomic mass is 10.0. The van der Waals surface area contributed by atoms with E-state index in [4.69, 9.17) is 0 Å². The molecule has 0 saturated carbocycles. The predicted molar refractivity (Wildman–Crippen MR) is 105 cm³/mol. The molecule has 1 aromatic heterocycles. The number of carbonyl (C=O) groups is 1. The molecule has 0 saturated heterocycles. The highest BCUT2D eigenvalue weighted by Crippen LogP contribution is 2.20. The van der Waals surface area contributed by atoms with Crippen LogP contribution in [0.15, 0.2) is 54.6 Å². The van der Waals surface area contributed by atoms with Gasteiger partial charge < -0.3 is 4.90 Å². The summed E-state index contributed by atoms with van der Waals surface area (Å²) in [5, 5.41) is 12.5. The molecule has 0 fully saturated rings. The summed E-state index contributed by atoms with van der Waals surface area (Å²) in [4.78, 5) is 15.6. The number of carbonyl (C=O) groups excluding carboxylic acids is 1. The Balaban J connectivity index is 1.67. The summed E-state index contributed by atoms with van der Waals surface area (Å²) in [7, 11) is 1.79. The molecular formula is C21H25N5O. The number of aromatic nitrogens is 4. The Morgan fingerprint density at radius 1 is 1.00 bits per heavy atom. The van der Waals surface area contributed by atoms with Gasteiger partial charge in [0.15, 0.2) is 0 Å². The zero-order chi connectivity index (χ0) is 19.4. The Hall–Kier alpha value is -3.02. The minimum atomic E-state index is -0.0644. The predicted octanol–water partition coefficient (Wildman–Crippen LogP) is 3.68. The second kappa shape index (κ2) is 8.12. The monoisotopic (exact) mass is 363 g/mol. The maximum Gasteiger partial charge on any atom is 0.246 e. The van der Waals surface area contributed by atoms with Crippen LogP contribution >= 0.6 is 0 Å². The van der Waals surface area contributed by atoms with Gasteiger partial charge in [-0.25, -0.2) is 0 Å². The second-order valence-electron chi connectivity index (χ2n) is 7.01. The average Bonchev–Trinajstić information content (AvgIpc) is 3.16. The van der Waals surface area contributed by atoms with Crippen molar-refractivity contribution >= 4 is 5.91 Å². The van der Waals surface area contributed by atoms with Crippen molar-refractivity contribution in [1.82, 2.24) is 25.1 Å². The van der Waals surface area contributed by atoms with E-state index in [1.54, 1.807) is 11.9 Å². The summed E-state index contributed by atoms with van der Waals surface area (Å²) in [6.07, 6.45) is 0. The highest BCUT2D eigenvalue weighted by atomic mass is 16.2. The minimum Gasteiger partial charge on any atom is -0.337 e. The van der Waals surface area contributed by atoms with Crippen LogP contribution in [0.2, 0.25) is 0 Å². The van der Waals surface area contributed by atoms with E-state index in [-0.39, 0.29) is 18.5 Å². The van der Waals surface area contributed by atoms with Crippen molar-refractivity contribution in [3.05, 3.63) is 65.7 Å². The van der Waals surface area contributed by atoms with Crippen molar-refractivity contribution in [3.8, 4) is 11.4 Å². The zero-order valence-corrected chi connectivity index (χ0v) is 16.2. The van der Waals surface area contributed by atoms with Crippen molar-refractivity contribution in [2.24, 2.45) is 0 Å². The lowest BCUT2D eigenvalue weighted by Crippen LogP contribution is -2.33. The molecular weight excluding hydrogens is 338 g/mol. The summed E-state index contributed by atoms with van der Waals surface area (Å²) in [5.74, 6) is 0.935. The van der Waals surface area contributed by atoms with Gasteiger partial charge in [-0.3, -0.25) is 4.79 Å². The van der Waals surface area contributed by atoms with Gasteiger partial charge in [0.25, 0.3) is 0 Å². The Labute approximate surface area is 159 Å². The minimum absolute atomic E-state index is 0.0229. The average molecular weight is 363 g/mol. The van der Waals surface area contributed by atoms with Crippen LogP contribution in [0.4, 0.5) is 0 Å². The summed E-state index contributed by atoms with van der Waals surface area (Å²) in [6.45, 7) is 6.37. The highest BCUT2D eigenvalue weighted by molar-refractivity contribution is 5.76. The first kappa shape index (κ1) is 18.8. The number of likely N-dealkylation sites (N-methyl/N-ethyl adjacent to an activating group) is 1. The Bertz CT molecular complexity index is 886. The number of hydrogen-bond acceptors (Lipinski definition) is 4. The Kier molecular flexibility index (Phi) is 5.64. The van der Waals surface area contributed by atoms with E-state index in [2.05, 4.69) is 41.4 Å². The van der Waals surface area contributed by atoms with Crippen molar-refractivity contribution in [3.63, 3.8) is 0 Å². The smallest absolute Gasteiger partial charge is 0.246 e. The molecule has 0 radical (unpaired) electrons. The summed E-state index contributed by atoms with van der Waals surface area (Å²) in [5.41, 5.74) is 3.24. The van der Waals surface area contributed by atoms with Crippen LogP contribution in [0.5, 0.6) is 0 Å². The number of amides is 1. The molecule has 1 heterocycles. The lowest BCUT2D eigenvalue weighted by Gasteiger charge is -2.25. The van der Waals surface area contributed by atoms with Crippen LogP contribution in [0.3, 0.4) is 0 Å². The molecule has 6 heteroatoms. The summed E-state index contributed by atoms with van der Waals surface area (Å²) < 4.78 is 0. The molecule has 3 aromatic rings. The van der Waals surface area contributed by atoms with Crippen LogP contribution < -0.4 is 0 Å². The molecule has 1 amide bonds. The van der Waals surface area contributed by atoms with Gasteiger partial charge >= 0.3 is 0 Å². The van der Waals surface area contributed by atoms with Crippen LogP contribution in [0, 0.1) is 0 Å². The topological polar surface area (TPSA) is 63.9 Å². The van der Waals surface area contributed by atoms with Gasteiger partial charge in [0.1, 0.15) is 6.54 Å². The molecule has 27 heavy (non-hydrogen) atoms. The van der Waals surface area contributed by atoms with Gasteiger partial charge in [-0.2, -0.15) is 4.80 Å². The first-order valence-electron chi connectivity index (χ1n) is 9.14. The maximum absolute atomic E-state index is 12.6. The quantitative estimate of drug-likeness (QED) is 0.670. The number of nitrogens with zero attached hydrogens (tertiary/aromatic N) is 5. The van der Waals surface area contributed by atoms with E-state index in [0.29, 0.717) is 11.7 Å². The fourth-order valence-electron chi connectivity index (χ4n) is 2.85. The van der Waals surface area contributed by atoms with Gasteiger partial charge in [0, 0.05) is 12.6 Å². The third-order valence-corrected chi connectivity index (χ3v) is 4.82.